The smallest absolute Gasteiger partial charge is 0.200 e. The molecule has 1 aromatic heterocycles. The summed E-state index contributed by atoms with van der Waals surface area (Å²) in [5, 5.41) is 17.0. The lowest BCUT2D eigenvalue weighted by Crippen LogP contribution is -2.30. The van der Waals surface area contributed by atoms with Crippen LogP contribution in [0, 0.1) is 24.2 Å². The molecule has 0 saturated carbocycles. The van der Waals surface area contributed by atoms with Crippen LogP contribution in [-0.2, 0) is 13.5 Å². The zero-order valence-electron chi connectivity index (χ0n) is 19.1. The number of nitrogens with zero attached hydrogens (tertiary/aromatic N) is 2. The van der Waals surface area contributed by atoms with Gasteiger partial charge in [0.25, 0.3) is 0 Å². The van der Waals surface area contributed by atoms with Crippen molar-refractivity contribution in [3.8, 4) is 17.3 Å². The highest BCUT2D eigenvalue weighted by molar-refractivity contribution is 6.11. The number of benzene rings is 4. The zero-order valence-corrected chi connectivity index (χ0v) is 19.1. The predicted octanol–water partition coefficient (Wildman–Crippen LogP) is 7.02. The lowest BCUT2D eigenvalue weighted by Gasteiger charge is -2.13. The Labute approximate surface area is 189 Å². The summed E-state index contributed by atoms with van der Waals surface area (Å²) in [7, 11) is 2.09. The topological polar surface area (TPSA) is 27.7 Å². The fourth-order valence-corrected chi connectivity index (χ4v) is 5.03. The van der Waals surface area contributed by atoms with Crippen LogP contribution in [0.4, 0.5) is 0 Å². The first-order valence-corrected chi connectivity index (χ1v) is 11.2. The van der Waals surface area contributed by atoms with Crippen LogP contribution in [0.3, 0.4) is 0 Å². The minimum atomic E-state index is 0.642. The average Bonchev–Trinajstić information content (AvgIpc) is 2.79. The highest BCUT2D eigenvalue weighted by atomic mass is 14.9. The first-order chi connectivity index (χ1) is 15.5. The van der Waals surface area contributed by atoms with Crippen LogP contribution in [0.2, 0.25) is 0 Å². The van der Waals surface area contributed by atoms with Gasteiger partial charge in [-0.25, -0.2) is 4.57 Å². The van der Waals surface area contributed by atoms with Crippen molar-refractivity contribution >= 4 is 32.3 Å². The number of aromatic nitrogens is 1. The molecular weight excluding hydrogens is 388 g/mol. The molecule has 0 atom stereocenters. The van der Waals surface area contributed by atoms with E-state index in [0.717, 1.165) is 34.0 Å². The minimum absolute atomic E-state index is 0.642. The lowest BCUT2D eigenvalue weighted by molar-refractivity contribution is -0.659. The van der Waals surface area contributed by atoms with Crippen molar-refractivity contribution in [3.63, 3.8) is 0 Å². The van der Waals surface area contributed by atoms with Gasteiger partial charge in [-0.3, -0.25) is 0 Å². The second kappa shape index (κ2) is 7.77. The van der Waals surface area contributed by atoms with E-state index in [-0.39, 0.29) is 0 Å². The van der Waals surface area contributed by atoms with Gasteiger partial charge in [-0.2, -0.15) is 5.26 Å². The van der Waals surface area contributed by atoms with Gasteiger partial charge in [0.2, 0.25) is 5.69 Å². The molecule has 32 heavy (non-hydrogen) atoms. The fourth-order valence-electron chi connectivity index (χ4n) is 5.03. The zero-order chi connectivity index (χ0) is 22.4. The maximum Gasteiger partial charge on any atom is 0.220 e. The first kappa shape index (κ1) is 20.2. The van der Waals surface area contributed by atoms with Gasteiger partial charge in [-0.05, 0) is 64.1 Å². The molecule has 5 rings (SSSR count). The van der Waals surface area contributed by atoms with E-state index in [2.05, 4.69) is 93.2 Å². The molecule has 156 valence electrons. The quantitative estimate of drug-likeness (QED) is 0.230. The summed E-state index contributed by atoms with van der Waals surface area (Å²) < 4.78 is 2.18. The van der Waals surface area contributed by atoms with Crippen molar-refractivity contribution in [1.82, 2.24) is 0 Å². The second-order valence-electron chi connectivity index (χ2n) is 9.21. The molecule has 0 spiro atoms. The summed E-state index contributed by atoms with van der Waals surface area (Å²) in [6.07, 6.45) is 3.23. The van der Waals surface area contributed by atoms with E-state index in [9.17, 15) is 5.26 Å². The molecule has 0 saturated heterocycles. The molecule has 2 heteroatoms. The molecule has 0 bridgehead atoms. The van der Waals surface area contributed by atoms with Crippen LogP contribution in [0.25, 0.3) is 43.6 Å². The Kier molecular flexibility index (Phi) is 4.91. The average molecular weight is 416 g/mol. The van der Waals surface area contributed by atoms with Gasteiger partial charge in [-0.15, -0.1) is 0 Å². The minimum Gasteiger partial charge on any atom is -0.200 e. The van der Waals surface area contributed by atoms with Crippen LogP contribution in [-0.4, -0.2) is 0 Å². The third-order valence-corrected chi connectivity index (χ3v) is 6.53. The molecule has 0 aliphatic heterocycles. The van der Waals surface area contributed by atoms with E-state index >= 15 is 0 Å². The molecule has 4 aromatic carbocycles. The van der Waals surface area contributed by atoms with Crippen LogP contribution in [0.15, 0.2) is 72.9 Å². The van der Waals surface area contributed by atoms with Gasteiger partial charge in [-0.1, -0.05) is 62.4 Å². The van der Waals surface area contributed by atoms with Crippen molar-refractivity contribution in [2.45, 2.75) is 27.2 Å². The number of pyridine rings is 1. The molecular formula is C30H27N2+. The van der Waals surface area contributed by atoms with Gasteiger partial charge < -0.3 is 0 Å². The Morgan fingerprint density at radius 2 is 1.59 bits per heavy atom. The highest BCUT2D eigenvalue weighted by Crippen LogP contribution is 2.36. The lowest BCUT2D eigenvalue weighted by atomic mass is 9.91. The van der Waals surface area contributed by atoms with Gasteiger partial charge in [0, 0.05) is 11.5 Å². The predicted molar refractivity (Wildman–Crippen MR) is 134 cm³/mol. The Morgan fingerprint density at radius 1 is 0.844 bits per heavy atom. The summed E-state index contributed by atoms with van der Waals surface area (Å²) in [6, 6.07) is 26.2. The third-order valence-electron chi connectivity index (χ3n) is 6.53. The Bertz CT molecular complexity index is 1550. The number of nitriles is 1. The molecule has 0 unspecified atom stereocenters. The standard InChI is InChI=1S/C30H27N2/c1-19(2)15-21-9-11-26-22(16-21)10-12-28-27(26)13-14-32(4)30(28)29-17-23(18-31)25-8-6-5-7-24(25)20(29)3/h5-14,16-17,19H,15H2,1-4H3/q+1. The first-order valence-electron chi connectivity index (χ1n) is 11.2. The Hall–Kier alpha value is -3.70. The Balaban J connectivity index is 1.82. The van der Waals surface area contributed by atoms with Crippen molar-refractivity contribution < 1.29 is 4.57 Å². The molecule has 0 radical (unpaired) electrons. The molecule has 0 N–H and O–H groups in total. The van der Waals surface area contributed by atoms with Crippen LogP contribution in [0.1, 0.15) is 30.5 Å². The number of rotatable bonds is 3. The van der Waals surface area contributed by atoms with Crippen molar-refractivity contribution in [1.29, 1.82) is 5.26 Å². The number of hydrogen-bond donors (Lipinski definition) is 0. The van der Waals surface area contributed by atoms with E-state index in [1.165, 1.54) is 32.7 Å². The molecule has 1 heterocycles. The second-order valence-corrected chi connectivity index (χ2v) is 9.21. The normalized spacial score (nSPS) is 11.5. The monoisotopic (exact) mass is 415 g/mol. The number of aryl methyl sites for hydroxylation is 2. The summed E-state index contributed by atoms with van der Waals surface area (Å²) in [5.41, 5.74) is 5.57. The SMILES string of the molecule is Cc1c(-c2c3ccc4cc(CC(C)C)ccc4c3cc[n+]2C)cc(C#N)c2ccccc12. The van der Waals surface area contributed by atoms with Crippen molar-refractivity contribution in [2.75, 3.05) is 0 Å². The molecule has 0 fully saturated rings. The van der Waals surface area contributed by atoms with Crippen LogP contribution < -0.4 is 4.57 Å². The van der Waals surface area contributed by atoms with Crippen molar-refractivity contribution in [3.05, 3.63) is 89.6 Å². The maximum atomic E-state index is 9.85. The van der Waals surface area contributed by atoms with Crippen LogP contribution in [0.5, 0.6) is 0 Å². The van der Waals surface area contributed by atoms with Crippen LogP contribution >= 0.6 is 0 Å². The molecule has 5 aromatic rings. The molecule has 0 amide bonds. The summed E-state index contributed by atoms with van der Waals surface area (Å²) >= 11 is 0. The van der Waals surface area contributed by atoms with E-state index in [1.54, 1.807) is 0 Å². The summed E-state index contributed by atoms with van der Waals surface area (Å²) in [6.45, 7) is 6.69. The van der Waals surface area contributed by atoms with Gasteiger partial charge in [0.15, 0.2) is 6.20 Å². The fraction of sp³-hybridized carbons (Fsp3) is 0.200. The van der Waals surface area contributed by atoms with Crippen molar-refractivity contribution in [2.24, 2.45) is 13.0 Å². The molecule has 0 aliphatic rings. The summed E-state index contributed by atoms with van der Waals surface area (Å²) in [4.78, 5) is 0. The van der Waals surface area contributed by atoms with E-state index in [0.29, 0.717) is 5.92 Å². The third kappa shape index (κ3) is 3.22. The number of fused-ring (bicyclic) bond motifs is 4. The largest absolute Gasteiger partial charge is 0.220 e. The molecule has 0 aliphatic carbocycles. The highest BCUT2D eigenvalue weighted by Gasteiger charge is 2.21. The van der Waals surface area contributed by atoms with Gasteiger partial charge >= 0.3 is 0 Å². The van der Waals surface area contributed by atoms with E-state index in [1.807, 2.05) is 18.2 Å². The van der Waals surface area contributed by atoms with E-state index in [4.69, 9.17) is 0 Å². The van der Waals surface area contributed by atoms with E-state index < -0.39 is 0 Å². The van der Waals surface area contributed by atoms with Gasteiger partial charge in [0.05, 0.1) is 22.6 Å². The van der Waals surface area contributed by atoms with Gasteiger partial charge in [0.1, 0.15) is 7.05 Å². The molecule has 2 nitrogen and oxygen atoms in total. The summed E-state index contributed by atoms with van der Waals surface area (Å²) in [5.74, 6) is 0.642. The number of hydrogen-bond acceptors (Lipinski definition) is 1. The Morgan fingerprint density at radius 3 is 2.34 bits per heavy atom. The maximum absolute atomic E-state index is 9.85.